The number of hydrogen-bond donors (Lipinski definition) is 1. The third kappa shape index (κ3) is 3.01. The van der Waals surface area contributed by atoms with Crippen molar-refractivity contribution in [1.82, 2.24) is 14.9 Å². The molecule has 1 aromatic carbocycles. The van der Waals surface area contributed by atoms with E-state index < -0.39 is 0 Å². The molecule has 1 heterocycles. The van der Waals surface area contributed by atoms with Crippen LogP contribution in [0, 0.1) is 37.0 Å². The second-order valence-electron chi connectivity index (χ2n) is 9.04. The Hall–Kier alpha value is -2.30. The van der Waals surface area contributed by atoms with Crippen LogP contribution >= 0.6 is 0 Å². The summed E-state index contributed by atoms with van der Waals surface area (Å²) in [5, 5.41) is 3.18. The first kappa shape index (κ1) is 19.0. The lowest BCUT2D eigenvalue weighted by Crippen LogP contribution is -2.54. The van der Waals surface area contributed by atoms with Crippen molar-refractivity contribution in [3.63, 3.8) is 0 Å². The molecule has 0 spiro atoms. The van der Waals surface area contributed by atoms with Crippen LogP contribution in [-0.2, 0) is 0 Å². The maximum absolute atomic E-state index is 12.9. The number of amides is 1. The number of methoxy groups -OCH3 is 1. The number of aryl methyl sites for hydroxylation is 1. The van der Waals surface area contributed by atoms with E-state index >= 15 is 0 Å². The standard InChI is InChI=1S/C23H31N3O2/c1-14-21(25-15(2)26(14)18-7-6-8-19(12-18)28-5)22(27)24-13-16-9-10-17-11-20(16)23(17,3)4/h6-8,12,16-17,20H,9-11,13H2,1-5H3,(H,24,27). The summed E-state index contributed by atoms with van der Waals surface area (Å²) in [6, 6.07) is 7.82. The van der Waals surface area contributed by atoms with Crippen molar-refractivity contribution in [1.29, 1.82) is 0 Å². The van der Waals surface area contributed by atoms with Gasteiger partial charge in [0.1, 0.15) is 17.3 Å². The van der Waals surface area contributed by atoms with Gasteiger partial charge in [-0.05, 0) is 68.4 Å². The summed E-state index contributed by atoms with van der Waals surface area (Å²) in [6.45, 7) is 9.42. The van der Waals surface area contributed by atoms with Gasteiger partial charge in [0, 0.05) is 12.6 Å². The molecule has 2 aromatic rings. The molecule has 1 amide bonds. The molecule has 0 aliphatic heterocycles. The lowest BCUT2D eigenvalue weighted by molar-refractivity contribution is -0.103. The molecule has 150 valence electrons. The fraction of sp³-hybridized carbons (Fsp3) is 0.565. The van der Waals surface area contributed by atoms with Gasteiger partial charge in [0.05, 0.1) is 18.5 Å². The Balaban J connectivity index is 1.49. The zero-order chi connectivity index (χ0) is 20.1. The van der Waals surface area contributed by atoms with Gasteiger partial charge in [0.15, 0.2) is 0 Å². The van der Waals surface area contributed by atoms with E-state index in [1.807, 2.05) is 42.7 Å². The first-order chi connectivity index (χ1) is 13.3. The van der Waals surface area contributed by atoms with Crippen molar-refractivity contribution in [2.24, 2.45) is 23.2 Å². The van der Waals surface area contributed by atoms with Crippen molar-refractivity contribution < 1.29 is 9.53 Å². The minimum Gasteiger partial charge on any atom is -0.497 e. The molecular formula is C23H31N3O2. The third-order valence-electron chi connectivity index (χ3n) is 7.33. The average Bonchev–Trinajstić information content (AvgIpc) is 3.00. The second kappa shape index (κ2) is 6.94. The minimum atomic E-state index is -0.0681. The Labute approximate surface area is 167 Å². The van der Waals surface area contributed by atoms with Crippen LogP contribution in [0.3, 0.4) is 0 Å². The highest BCUT2D eigenvalue weighted by atomic mass is 16.5. The van der Waals surface area contributed by atoms with E-state index in [4.69, 9.17) is 4.74 Å². The fourth-order valence-corrected chi connectivity index (χ4v) is 5.50. The molecule has 2 bridgehead atoms. The molecule has 3 aliphatic carbocycles. The molecule has 3 aliphatic rings. The Morgan fingerprint density at radius 2 is 2.11 bits per heavy atom. The molecule has 1 aromatic heterocycles. The Morgan fingerprint density at radius 3 is 2.79 bits per heavy atom. The zero-order valence-corrected chi connectivity index (χ0v) is 17.6. The van der Waals surface area contributed by atoms with Gasteiger partial charge >= 0.3 is 0 Å². The summed E-state index contributed by atoms with van der Waals surface area (Å²) < 4.78 is 7.35. The first-order valence-corrected chi connectivity index (χ1v) is 10.3. The number of aromatic nitrogens is 2. The van der Waals surface area contributed by atoms with Gasteiger partial charge in [0.25, 0.3) is 5.91 Å². The van der Waals surface area contributed by atoms with Crippen LogP contribution in [-0.4, -0.2) is 29.1 Å². The number of carbonyl (C=O) groups is 1. The van der Waals surface area contributed by atoms with Gasteiger partial charge in [-0.25, -0.2) is 4.98 Å². The van der Waals surface area contributed by atoms with Crippen LogP contribution in [0.15, 0.2) is 24.3 Å². The number of imidazole rings is 1. The predicted octanol–water partition coefficient (Wildman–Crippen LogP) is 4.30. The van der Waals surface area contributed by atoms with Crippen LogP contribution in [0.25, 0.3) is 5.69 Å². The molecule has 5 rings (SSSR count). The minimum absolute atomic E-state index is 0.0681. The maximum atomic E-state index is 12.9. The van der Waals surface area contributed by atoms with Gasteiger partial charge < -0.3 is 14.6 Å². The van der Waals surface area contributed by atoms with Crippen LogP contribution < -0.4 is 10.1 Å². The highest BCUT2D eigenvalue weighted by molar-refractivity contribution is 5.93. The van der Waals surface area contributed by atoms with E-state index in [9.17, 15) is 4.79 Å². The van der Waals surface area contributed by atoms with E-state index in [1.54, 1.807) is 7.11 Å². The number of nitrogens with one attached hydrogen (secondary N) is 1. The van der Waals surface area contributed by atoms with E-state index in [2.05, 4.69) is 24.1 Å². The smallest absolute Gasteiger partial charge is 0.271 e. The van der Waals surface area contributed by atoms with Crippen molar-refractivity contribution in [2.75, 3.05) is 13.7 Å². The summed E-state index contributed by atoms with van der Waals surface area (Å²) in [4.78, 5) is 17.5. The number of rotatable bonds is 5. The highest BCUT2D eigenvalue weighted by Gasteiger charge is 2.53. The average molecular weight is 382 g/mol. The number of hydrogen-bond acceptors (Lipinski definition) is 3. The molecule has 5 nitrogen and oxygen atoms in total. The molecule has 3 saturated carbocycles. The monoisotopic (exact) mass is 381 g/mol. The predicted molar refractivity (Wildman–Crippen MR) is 110 cm³/mol. The Bertz CT molecular complexity index is 897. The topological polar surface area (TPSA) is 56.2 Å². The molecule has 3 unspecified atom stereocenters. The maximum Gasteiger partial charge on any atom is 0.271 e. The fourth-order valence-electron chi connectivity index (χ4n) is 5.50. The SMILES string of the molecule is COc1cccc(-n2c(C)nc(C(=O)NCC3CCC4CC3C4(C)C)c2C)c1. The third-order valence-corrected chi connectivity index (χ3v) is 7.33. The summed E-state index contributed by atoms with van der Waals surface area (Å²) in [5.74, 6) is 3.73. The van der Waals surface area contributed by atoms with Crippen LogP contribution in [0.4, 0.5) is 0 Å². The van der Waals surface area contributed by atoms with Gasteiger partial charge in [-0.1, -0.05) is 19.9 Å². The van der Waals surface area contributed by atoms with Crippen molar-refractivity contribution in [3.05, 3.63) is 41.5 Å². The van der Waals surface area contributed by atoms with Crippen molar-refractivity contribution >= 4 is 5.91 Å². The molecule has 3 atom stereocenters. The summed E-state index contributed by atoms with van der Waals surface area (Å²) >= 11 is 0. The number of carbonyl (C=O) groups excluding carboxylic acids is 1. The van der Waals surface area contributed by atoms with E-state index in [1.165, 1.54) is 19.3 Å². The molecule has 0 radical (unpaired) electrons. The van der Waals surface area contributed by atoms with E-state index in [-0.39, 0.29) is 5.91 Å². The van der Waals surface area contributed by atoms with Gasteiger partial charge in [-0.2, -0.15) is 0 Å². The van der Waals surface area contributed by atoms with E-state index in [0.29, 0.717) is 17.0 Å². The van der Waals surface area contributed by atoms with E-state index in [0.717, 1.165) is 41.3 Å². The summed E-state index contributed by atoms with van der Waals surface area (Å²) in [6.07, 6.45) is 3.86. The van der Waals surface area contributed by atoms with Crippen molar-refractivity contribution in [3.8, 4) is 11.4 Å². The number of benzene rings is 1. The largest absolute Gasteiger partial charge is 0.497 e. The van der Waals surface area contributed by atoms with Crippen molar-refractivity contribution in [2.45, 2.75) is 47.0 Å². The van der Waals surface area contributed by atoms with Crippen LogP contribution in [0.1, 0.15) is 55.1 Å². The quantitative estimate of drug-likeness (QED) is 0.840. The van der Waals surface area contributed by atoms with Crippen LogP contribution in [0.2, 0.25) is 0 Å². The van der Waals surface area contributed by atoms with Crippen LogP contribution in [0.5, 0.6) is 5.75 Å². The number of nitrogens with zero attached hydrogens (tertiary/aromatic N) is 2. The Kier molecular flexibility index (Phi) is 4.72. The summed E-state index contributed by atoms with van der Waals surface area (Å²) in [7, 11) is 1.66. The highest BCUT2D eigenvalue weighted by Crippen LogP contribution is 2.61. The molecule has 28 heavy (non-hydrogen) atoms. The lowest BCUT2D eigenvalue weighted by atomic mass is 9.45. The number of fused-ring (bicyclic) bond motifs is 2. The number of ether oxygens (including phenoxy) is 1. The molecule has 5 heteroatoms. The Morgan fingerprint density at radius 1 is 1.32 bits per heavy atom. The van der Waals surface area contributed by atoms with Gasteiger partial charge in [0.2, 0.25) is 0 Å². The summed E-state index contributed by atoms with van der Waals surface area (Å²) in [5.41, 5.74) is 2.77. The molecule has 3 fully saturated rings. The zero-order valence-electron chi connectivity index (χ0n) is 17.6. The van der Waals surface area contributed by atoms with Gasteiger partial charge in [-0.3, -0.25) is 4.79 Å². The molecule has 0 saturated heterocycles. The first-order valence-electron chi connectivity index (χ1n) is 10.3. The normalized spacial score (nSPS) is 25.1. The second-order valence-corrected chi connectivity index (χ2v) is 9.04. The molecule has 1 N–H and O–H groups in total. The molecular weight excluding hydrogens is 350 g/mol. The lowest BCUT2D eigenvalue weighted by Gasteiger charge is -2.60. The van der Waals surface area contributed by atoms with Gasteiger partial charge in [-0.15, -0.1) is 0 Å².